The third-order valence-corrected chi connectivity index (χ3v) is 8.11. The summed E-state index contributed by atoms with van der Waals surface area (Å²) in [4.78, 5) is 66.8. The number of ether oxygens (including phenoxy) is 2. The van der Waals surface area contributed by atoms with Gasteiger partial charge in [0.15, 0.2) is 11.5 Å². The Morgan fingerprint density at radius 1 is 1.05 bits per heavy atom. The fourth-order valence-electron chi connectivity index (χ4n) is 4.59. The Hall–Kier alpha value is -2.87. The lowest BCUT2D eigenvalue weighted by Gasteiger charge is -2.22. The molecule has 0 bridgehead atoms. The smallest absolute Gasteiger partial charge is 0.390 e. The Balaban J connectivity index is 1.26. The van der Waals surface area contributed by atoms with Gasteiger partial charge in [-0.15, -0.1) is 0 Å². The quantitative estimate of drug-likeness (QED) is 0.143. The molecule has 3 aromatic rings. The van der Waals surface area contributed by atoms with Crippen molar-refractivity contribution in [3.8, 4) is 0 Å². The first kappa shape index (κ1) is 30.6. The molecule has 2 saturated heterocycles. The number of hydrogen-bond donors (Lipinski definition) is 6. The van der Waals surface area contributed by atoms with Gasteiger partial charge in [0.1, 0.15) is 42.6 Å². The van der Waals surface area contributed by atoms with Gasteiger partial charge in [0, 0.05) is 24.6 Å². The lowest BCUT2D eigenvalue weighted by molar-refractivity contribution is -0.0562. The number of nitrogens with one attached hydrogen (secondary N) is 1. The summed E-state index contributed by atoms with van der Waals surface area (Å²) in [5.74, 6) is 0.0957. The van der Waals surface area contributed by atoms with Gasteiger partial charge in [-0.2, -0.15) is 0 Å². The van der Waals surface area contributed by atoms with Gasteiger partial charge in [-0.05, 0) is 6.92 Å². The number of aromatic amines is 1. The van der Waals surface area contributed by atoms with E-state index in [4.69, 9.17) is 34.0 Å². The zero-order chi connectivity index (χ0) is 30.4. The summed E-state index contributed by atoms with van der Waals surface area (Å²) in [5.41, 5.74) is 5.24. The molecule has 5 rings (SSSR count). The van der Waals surface area contributed by atoms with Crippen molar-refractivity contribution in [2.24, 2.45) is 0 Å². The van der Waals surface area contributed by atoms with Crippen molar-refractivity contribution in [2.45, 2.75) is 56.6 Å². The molecule has 230 valence electrons. The Morgan fingerprint density at radius 2 is 1.74 bits per heavy atom. The predicted molar refractivity (Wildman–Crippen MR) is 138 cm³/mol. The van der Waals surface area contributed by atoms with E-state index in [0.717, 1.165) is 4.57 Å². The Morgan fingerprint density at radius 3 is 2.48 bits per heavy atom. The van der Waals surface area contributed by atoms with Crippen LogP contribution >= 0.6 is 15.6 Å². The molecule has 2 aliphatic heterocycles. The number of phosphoric ester groups is 2. The van der Waals surface area contributed by atoms with Crippen LogP contribution in [0.3, 0.4) is 0 Å². The van der Waals surface area contributed by atoms with Crippen molar-refractivity contribution in [3.05, 3.63) is 45.3 Å². The number of phosphoric acid groups is 2. The van der Waals surface area contributed by atoms with Gasteiger partial charge in [-0.1, -0.05) is 0 Å². The number of anilines is 1. The first-order valence-electron chi connectivity index (χ1n) is 12.3. The van der Waals surface area contributed by atoms with Crippen LogP contribution in [0.15, 0.2) is 28.4 Å². The van der Waals surface area contributed by atoms with E-state index in [1.54, 1.807) is 0 Å². The third kappa shape index (κ3) is 6.69. The number of imidazole rings is 1. The maximum Gasteiger partial charge on any atom is 0.472 e. The molecule has 0 amide bonds. The Kier molecular flexibility index (Phi) is 8.49. The Labute approximate surface area is 234 Å². The second-order valence-corrected chi connectivity index (χ2v) is 12.2. The molecular formula is C20H27N7O13P2. The van der Waals surface area contributed by atoms with Crippen LogP contribution in [0.4, 0.5) is 5.82 Å². The van der Waals surface area contributed by atoms with E-state index in [0.29, 0.717) is 0 Å². The van der Waals surface area contributed by atoms with Crippen molar-refractivity contribution in [3.63, 3.8) is 0 Å². The number of aryl methyl sites for hydroxylation is 1. The molecule has 0 radical (unpaired) electrons. The van der Waals surface area contributed by atoms with Gasteiger partial charge in [-0.25, -0.2) is 28.9 Å². The first-order chi connectivity index (χ1) is 19.7. The number of H-pyrrole nitrogens is 1. The van der Waals surface area contributed by atoms with Crippen LogP contribution in [0.1, 0.15) is 30.9 Å². The van der Waals surface area contributed by atoms with Crippen molar-refractivity contribution in [1.82, 2.24) is 29.1 Å². The normalized spacial score (nSPS) is 27.9. The van der Waals surface area contributed by atoms with Gasteiger partial charge in [-0.3, -0.25) is 32.5 Å². The number of nitrogens with zero attached hydrogens (tertiary/aromatic N) is 5. The van der Waals surface area contributed by atoms with E-state index < -0.39 is 77.0 Å². The highest BCUT2D eigenvalue weighted by Crippen LogP contribution is 2.50. The highest BCUT2D eigenvalue weighted by Gasteiger charge is 2.44. The SMILES string of the molecule is Cc1cn(C2C[C@H](O)[C@@H](COP(=O)(O)O[C@H]3C[C@H](n4cnc5c(N)ncnc54)O[C@@H]3COP(=O)(O)O)O2)c(=O)[nH]c1=O. The van der Waals surface area contributed by atoms with Crippen LogP contribution in [0.5, 0.6) is 0 Å². The largest absolute Gasteiger partial charge is 0.472 e. The topological polar surface area (TPSA) is 286 Å². The number of nitrogens with two attached hydrogens (primary N) is 1. The molecule has 0 aliphatic carbocycles. The van der Waals surface area contributed by atoms with Crippen molar-refractivity contribution in [1.29, 1.82) is 0 Å². The molecule has 0 aromatic carbocycles. The summed E-state index contributed by atoms with van der Waals surface area (Å²) < 4.78 is 53.0. The summed E-state index contributed by atoms with van der Waals surface area (Å²) in [7, 11) is -9.84. The molecule has 2 aliphatic rings. The minimum absolute atomic E-state index is 0.0805. The molecule has 20 nitrogen and oxygen atoms in total. The van der Waals surface area contributed by atoms with Crippen LogP contribution < -0.4 is 17.0 Å². The van der Waals surface area contributed by atoms with Gasteiger partial charge in [0.25, 0.3) is 5.56 Å². The van der Waals surface area contributed by atoms with Gasteiger partial charge in [0.05, 0.1) is 25.6 Å². The molecular weight excluding hydrogens is 608 g/mol. The summed E-state index contributed by atoms with van der Waals surface area (Å²) in [5, 5.41) is 10.4. The maximum atomic E-state index is 12.9. The van der Waals surface area contributed by atoms with Crippen LogP contribution in [-0.2, 0) is 32.2 Å². The van der Waals surface area contributed by atoms with Crippen molar-refractivity contribution < 1.29 is 52.0 Å². The predicted octanol–water partition coefficient (Wildman–Crippen LogP) is -1.19. The van der Waals surface area contributed by atoms with E-state index in [1.165, 1.54) is 30.3 Å². The average Bonchev–Trinajstić information content (AvgIpc) is 3.60. The number of aliphatic hydroxyl groups excluding tert-OH is 1. The number of rotatable bonds is 10. The standard InChI is InChI=1S/C20H27N7O13P2/c1-9-4-26(20(30)25-19(9)29)14-2-10(28)12(38-14)5-37-42(34,35)40-11-3-15(39-13(11)6-36-41(31,32)33)27-8-24-16-17(21)22-7-23-18(16)27/h4,7-8,10-15,28H,2-3,5-6H2,1H3,(H,34,35)(H2,21,22,23)(H,25,29,30)(H2,31,32,33)/t10-,11-,12+,13+,14?,15+/m0/s1. The van der Waals surface area contributed by atoms with Crippen LogP contribution in [0.25, 0.3) is 11.2 Å². The summed E-state index contributed by atoms with van der Waals surface area (Å²) in [6.45, 7) is 0.133. The second kappa shape index (κ2) is 11.7. The number of aliphatic hydroxyl groups is 1. The fraction of sp³-hybridized carbons (Fsp3) is 0.550. The Bertz CT molecular complexity index is 1670. The van der Waals surface area contributed by atoms with E-state index in [9.17, 15) is 28.7 Å². The molecule has 2 fully saturated rings. The minimum Gasteiger partial charge on any atom is -0.390 e. The zero-order valence-electron chi connectivity index (χ0n) is 21.7. The molecule has 5 heterocycles. The third-order valence-electron chi connectivity index (χ3n) is 6.62. The molecule has 2 unspecified atom stereocenters. The zero-order valence-corrected chi connectivity index (χ0v) is 23.5. The highest BCUT2D eigenvalue weighted by atomic mass is 31.2. The summed E-state index contributed by atoms with van der Waals surface area (Å²) >= 11 is 0. The average molecular weight is 635 g/mol. The van der Waals surface area contributed by atoms with Crippen molar-refractivity contribution >= 4 is 32.6 Å². The molecule has 7 atom stereocenters. The highest BCUT2D eigenvalue weighted by molar-refractivity contribution is 7.47. The lowest BCUT2D eigenvalue weighted by Crippen LogP contribution is -2.33. The summed E-state index contributed by atoms with van der Waals surface area (Å²) in [6, 6.07) is 0. The van der Waals surface area contributed by atoms with E-state index in [2.05, 4.69) is 24.5 Å². The molecule has 22 heteroatoms. The maximum absolute atomic E-state index is 12.9. The van der Waals surface area contributed by atoms with Crippen molar-refractivity contribution in [2.75, 3.05) is 18.9 Å². The fourth-order valence-corrected chi connectivity index (χ4v) is 5.89. The molecule has 7 N–H and O–H groups in total. The van der Waals surface area contributed by atoms with Gasteiger partial charge < -0.3 is 35.0 Å². The lowest BCUT2D eigenvalue weighted by atomic mass is 10.2. The van der Waals surface area contributed by atoms with Gasteiger partial charge >= 0.3 is 21.3 Å². The molecule has 0 saturated carbocycles. The van der Waals surface area contributed by atoms with Crippen LogP contribution in [0.2, 0.25) is 0 Å². The second-order valence-electron chi connectivity index (χ2n) is 9.55. The number of aromatic nitrogens is 6. The monoisotopic (exact) mass is 635 g/mol. The summed E-state index contributed by atoms with van der Waals surface area (Å²) in [6.07, 6.45) is -3.22. The molecule has 42 heavy (non-hydrogen) atoms. The number of fused-ring (bicyclic) bond motifs is 1. The van der Waals surface area contributed by atoms with Crippen LogP contribution in [0, 0.1) is 6.92 Å². The van der Waals surface area contributed by atoms with E-state index >= 15 is 0 Å². The van der Waals surface area contributed by atoms with Gasteiger partial charge in [0.2, 0.25) is 0 Å². The molecule has 3 aromatic heterocycles. The van der Waals surface area contributed by atoms with E-state index in [-0.39, 0.29) is 35.4 Å². The number of nitrogen functional groups attached to an aromatic ring is 1. The van der Waals surface area contributed by atoms with Crippen LogP contribution in [-0.4, -0.2) is 86.5 Å². The van der Waals surface area contributed by atoms with E-state index in [1.807, 2.05) is 0 Å². The number of hydrogen-bond acceptors (Lipinski definition) is 14. The minimum atomic E-state index is -4.94. The first-order valence-corrected chi connectivity index (χ1v) is 15.3. The molecule has 0 spiro atoms.